The van der Waals surface area contributed by atoms with Crippen LogP contribution in [0.5, 0.6) is 28.7 Å². The molecular weight excluding hydrogens is 999 g/mol. The lowest BCUT2D eigenvalue weighted by Crippen LogP contribution is -2.54. The minimum absolute atomic E-state index is 0.00703. The van der Waals surface area contributed by atoms with Crippen LogP contribution in [0.2, 0.25) is 0 Å². The molecule has 408 valence electrons. The second kappa shape index (κ2) is 25.8. The van der Waals surface area contributed by atoms with Crippen molar-refractivity contribution < 1.29 is 57.1 Å². The van der Waals surface area contributed by atoms with Gasteiger partial charge in [-0.25, -0.2) is 4.79 Å². The number of alkyl carbamates (subject to hydrolysis) is 1. The number of rotatable bonds is 24. The zero-order chi connectivity index (χ0) is 55.3. The van der Waals surface area contributed by atoms with E-state index in [1.165, 1.54) is 12.2 Å². The maximum Gasteiger partial charge on any atom is 0.408 e. The number of benzene rings is 4. The molecule has 0 saturated carbocycles. The molecule has 4 aromatic rings. The van der Waals surface area contributed by atoms with E-state index in [2.05, 4.69) is 40.2 Å². The molecule has 4 amide bonds. The smallest absolute Gasteiger partial charge is 0.408 e. The quantitative estimate of drug-likeness (QED) is 0.0340. The topological polar surface area (TPSA) is 217 Å². The van der Waals surface area contributed by atoms with Crippen LogP contribution in [-0.2, 0) is 30.4 Å². The Morgan fingerprint density at radius 3 is 2.00 bits per heavy atom. The Morgan fingerprint density at radius 1 is 0.718 bits per heavy atom. The second-order valence-electron chi connectivity index (χ2n) is 19.1. The van der Waals surface area contributed by atoms with Crippen LogP contribution < -0.4 is 39.6 Å². The SMILES string of the molecule is C=CCOC(=O)CCC(NC(=O)C(NC(=O)OCC=C)C(C)C)C(=O)Nc1ccc(C2=CN3Cc4cc(OC)c(OCCCOc5cc6c(cc5OC)C(=O)N5C=C(c7ccc(OC)cc7)CC5C=N6)cc4N=CC3C2)cc1. The summed E-state index contributed by atoms with van der Waals surface area (Å²) in [6.07, 6.45) is 11.4. The number of methoxy groups -OCH3 is 3. The van der Waals surface area contributed by atoms with Crippen molar-refractivity contribution in [3.63, 3.8) is 0 Å². The number of nitrogens with one attached hydrogen (secondary N) is 3. The number of anilines is 1. The van der Waals surface area contributed by atoms with E-state index in [4.69, 9.17) is 43.1 Å². The van der Waals surface area contributed by atoms with Crippen LogP contribution in [0.3, 0.4) is 0 Å². The summed E-state index contributed by atoms with van der Waals surface area (Å²) in [6, 6.07) is 20.0. The van der Waals surface area contributed by atoms with E-state index in [-0.39, 0.29) is 50.0 Å². The zero-order valence-electron chi connectivity index (χ0n) is 44.5. The van der Waals surface area contributed by atoms with Crippen LogP contribution in [0.15, 0.2) is 120 Å². The van der Waals surface area contributed by atoms with E-state index in [0.29, 0.717) is 79.0 Å². The fourth-order valence-electron chi connectivity index (χ4n) is 9.31. The number of fused-ring (bicyclic) bond motifs is 4. The Bertz CT molecular complexity index is 3020. The maximum atomic E-state index is 13.9. The van der Waals surface area contributed by atoms with E-state index >= 15 is 0 Å². The van der Waals surface area contributed by atoms with Gasteiger partial charge in [0, 0.05) is 74.0 Å². The van der Waals surface area contributed by atoms with Gasteiger partial charge in [0.1, 0.15) is 31.0 Å². The summed E-state index contributed by atoms with van der Waals surface area (Å²) < 4.78 is 39.3. The molecule has 4 aromatic carbocycles. The first-order valence-corrected chi connectivity index (χ1v) is 25.7. The lowest BCUT2D eigenvalue weighted by molar-refractivity contribution is -0.143. The highest BCUT2D eigenvalue weighted by atomic mass is 16.6. The predicted molar refractivity (Wildman–Crippen MR) is 296 cm³/mol. The van der Waals surface area contributed by atoms with Gasteiger partial charge < -0.3 is 58.9 Å². The molecule has 4 atom stereocenters. The monoisotopic (exact) mass is 1060 g/mol. The first kappa shape index (κ1) is 55.4. The van der Waals surface area contributed by atoms with Crippen LogP contribution in [0.25, 0.3) is 11.1 Å². The number of amides is 4. The van der Waals surface area contributed by atoms with Gasteiger partial charge in [0.05, 0.1) is 63.6 Å². The number of nitrogens with zero attached hydrogens (tertiary/aromatic N) is 4. The summed E-state index contributed by atoms with van der Waals surface area (Å²) in [5.41, 5.74) is 7.22. The third-order valence-corrected chi connectivity index (χ3v) is 13.5. The summed E-state index contributed by atoms with van der Waals surface area (Å²) >= 11 is 0. The molecule has 4 aliphatic rings. The third-order valence-electron chi connectivity index (χ3n) is 13.5. The molecule has 19 heteroatoms. The van der Waals surface area contributed by atoms with E-state index in [9.17, 15) is 24.0 Å². The highest BCUT2D eigenvalue weighted by Gasteiger charge is 2.35. The van der Waals surface area contributed by atoms with Gasteiger partial charge in [-0.2, -0.15) is 0 Å². The average Bonchev–Trinajstić information content (AvgIpc) is 4.05. The molecule has 0 fully saturated rings. The fourth-order valence-corrected chi connectivity index (χ4v) is 9.31. The Labute approximate surface area is 453 Å². The molecular formula is C59H65N7O12. The van der Waals surface area contributed by atoms with Crippen molar-refractivity contribution in [2.45, 2.75) is 76.7 Å². The van der Waals surface area contributed by atoms with Crippen LogP contribution in [0.4, 0.5) is 21.9 Å². The zero-order valence-corrected chi connectivity index (χ0v) is 44.5. The lowest BCUT2D eigenvalue weighted by atomic mass is 10.0. The maximum absolute atomic E-state index is 13.9. The molecule has 19 nitrogen and oxygen atoms in total. The number of hydrogen-bond donors (Lipinski definition) is 3. The molecule has 0 saturated heterocycles. The van der Waals surface area contributed by atoms with Crippen molar-refractivity contribution >= 4 is 70.4 Å². The van der Waals surface area contributed by atoms with Crippen LogP contribution >= 0.6 is 0 Å². The highest BCUT2D eigenvalue weighted by molar-refractivity contribution is 6.05. The van der Waals surface area contributed by atoms with Crippen molar-refractivity contribution in [2.24, 2.45) is 15.9 Å². The molecule has 0 bridgehead atoms. The first-order chi connectivity index (χ1) is 37.8. The number of carbonyl (C=O) groups is 5. The molecule has 0 radical (unpaired) electrons. The largest absolute Gasteiger partial charge is 0.497 e. The number of ether oxygens (including phenoxy) is 7. The summed E-state index contributed by atoms with van der Waals surface area (Å²) in [4.78, 5) is 79.3. The third kappa shape index (κ3) is 13.4. The summed E-state index contributed by atoms with van der Waals surface area (Å²) in [5, 5.41) is 8.10. The van der Waals surface area contributed by atoms with Crippen LogP contribution in [-0.4, -0.2) is 124 Å². The van der Waals surface area contributed by atoms with Crippen molar-refractivity contribution in [1.29, 1.82) is 0 Å². The number of aliphatic imine (C=N–C) groups is 2. The van der Waals surface area contributed by atoms with Gasteiger partial charge in [-0.15, -0.1) is 0 Å². The molecule has 4 unspecified atom stereocenters. The minimum atomic E-state index is -1.14. The van der Waals surface area contributed by atoms with Gasteiger partial charge in [0.2, 0.25) is 11.8 Å². The van der Waals surface area contributed by atoms with Crippen molar-refractivity contribution in [2.75, 3.05) is 53.1 Å². The number of carbonyl (C=O) groups excluding carboxylic acids is 5. The Hall–Kier alpha value is -8.87. The molecule has 0 aliphatic carbocycles. The normalized spacial score (nSPS) is 16.6. The molecule has 3 N–H and O–H groups in total. The van der Waals surface area contributed by atoms with Gasteiger partial charge in [-0.3, -0.25) is 29.2 Å². The molecule has 4 aliphatic heterocycles. The standard InChI is InChI=1S/C59H65N7O12/c1-8-21-77-54(67)20-19-47(63-57(69)55(36(3)4)64-59(71)78-22-9-2)56(68)62-42-15-11-37(12-16-42)39-25-43-31-60-48-29-52(50(73-6)27-41(48)34-65(43)33-39)75-23-10-24-76-53-30-49-46(28-51(53)74-7)58(70)66-35-40(26-44(66)32-61-49)38-13-17-45(72-5)18-14-38/h8-9,11-18,27-33,35-36,43-44,47,55H,1-2,10,19-26,34H2,3-7H3,(H,62,68)(H,63,69)(H,64,71). The molecule has 4 heterocycles. The van der Waals surface area contributed by atoms with E-state index in [1.807, 2.05) is 67.2 Å². The van der Waals surface area contributed by atoms with Crippen molar-refractivity contribution in [1.82, 2.24) is 20.4 Å². The summed E-state index contributed by atoms with van der Waals surface area (Å²) in [6.45, 7) is 11.7. The van der Waals surface area contributed by atoms with Crippen molar-refractivity contribution in [3.8, 4) is 28.7 Å². The summed E-state index contributed by atoms with van der Waals surface area (Å²) in [5.74, 6) is 0.517. The molecule has 8 rings (SSSR count). The first-order valence-electron chi connectivity index (χ1n) is 25.7. The molecule has 0 aromatic heterocycles. The fraction of sp³-hybridized carbons (Fsp3) is 0.339. The van der Waals surface area contributed by atoms with Gasteiger partial charge in [0.15, 0.2) is 23.0 Å². The van der Waals surface area contributed by atoms with Crippen LogP contribution in [0, 0.1) is 5.92 Å². The Morgan fingerprint density at radius 2 is 1.33 bits per heavy atom. The minimum Gasteiger partial charge on any atom is -0.497 e. The Balaban J connectivity index is 0.851. The Kier molecular flexibility index (Phi) is 18.3. The highest BCUT2D eigenvalue weighted by Crippen LogP contribution is 2.42. The number of hydrogen-bond acceptors (Lipinski definition) is 15. The van der Waals surface area contributed by atoms with E-state index < -0.39 is 36.0 Å². The van der Waals surface area contributed by atoms with Gasteiger partial charge in [0.25, 0.3) is 5.91 Å². The van der Waals surface area contributed by atoms with Crippen LogP contribution in [0.1, 0.15) is 73.0 Å². The predicted octanol–water partition coefficient (Wildman–Crippen LogP) is 8.73. The average molecular weight is 1060 g/mol. The summed E-state index contributed by atoms with van der Waals surface area (Å²) in [7, 11) is 4.77. The second-order valence-corrected chi connectivity index (χ2v) is 19.1. The molecule has 78 heavy (non-hydrogen) atoms. The lowest BCUT2D eigenvalue weighted by Gasteiger charge is -2.25. The molecule has 0 spiro atoms. The van der Waals surface area contributed by atoms with E-state index in [1.54, 1.807) is 64.3 Å². The van der Waals surface area contributed by atoms with E-state index in [0.717, 1.165) is 39.3 Å². The van der Waals surface area contributed by atoms with Gasteiger partial charge >= 0.3 is 12.1 Å². The van der Waals surface area contributed by atoms with Gasteiger partial charge in [-0.1, -0.05) is 63.4 Å². The van der Waals surface area contributed by atoms with Crippen molar-refractivity contribution in [3.05, 3.63) is 133 Å². The van der Waals surface area contributed by atoms with Gasteiger partial charge in [-0.05, 0) is 77.4 Å². The number of esters is 1.